The number of carbonyl (C=O) groups is 2. The first-order valence-corrected chi connectivity index (χ1v) is 37.4. The van der Waals surface area contributed by atoms with Crippen LogP contribution in [-0.2, 0) is 14.3 Å². The third-order valence-electron chi connectivity index (χ3n) is 17.8. The van der Waals surface area contributed by atoms with Crippen LogP contribution in [-0.4, -0.2) is 47.4 Å². The average molecular weight is 1140 g/mol. The molecule has 0 aromatic carbocycles. The van der Waals surface area contributed by atoms with Gasteiger partial charge in [-0.2, -0.15) is 0 Å². The van der Waals surface area contributed by atoms with Crippen LogP contribution in [0.3, 0.4) is 0 Å². The first-order chi connectivity index (χ1) is 40.0. The highest BCUT2D eigenvalue weighted by molar-refractivity contribution is 5.76. The van der Waals surface area contributed by atoms with Crippen LogP contribution in [0.1, 0.15) is 431 Å². The van der Waals surface area contributed by atoms with E-state index in [1.54, 1.807) is 0 Å². The van der Waals surface area contributed by atoms with Gasteiger partial charge in [0.2, 0.25) is 5.91 Å². The number of unbranched alkanes of at least 4 members (excludes halogenated alkanes) is 58. The molecule has 0 heterocycles. The normalized spacial score (nSPS) is 12.5. The van der Waals surface area contributed by atoms with E-state index in [1.807, 2.05) is 0 Å². The Kier molecular flexibility index (Phi) is 69.9. The third-order valence-corrected chi connectivity index (χ3v) is 17.8. The van der Waals surface area contributed by atoms with Crippen molar-refractivity contribution in [3.63, 3.8) is 0 Å². The number of rotatable bonds is 71. The van der Waals surface area contributed by atoms with Crippen molar-refractivity contribution < 1.29 is 24.5 Å². The second-order valence-corrected chi connectivity index (χ2v) is 26.0. The SMILES string of the molecule is CCCCC/C=C\CCCCCCCC(=O)OCCCCCCCCCCCCCCCCCCCCCCCCCCCCCCCCC(=O)NC(CO)C(O)CCCCCCCCCCCCCCCCCCCCCCCC. The van der Waals surface area contributed by atoms with Gasteiger partial charge in [-0.05, 0) is 51.4 Å². The Bertz CT molecular complexity index is 1220. The number of carbonyl (C=O) groups excluding carboxylic acids is 2. The van der Waals surface area contributed by atoms with E-state index >= 15 is 0 Å². The van der Waals surface area contributed by atoms with Gasteiger partial charge < -0.3 is 20.3 Å². The summed E-state index contributed by atoms with van der Waals surface area (Å²) in [4.78, 5) is 24.6. The van der Waals surface area contributed by atoms with Gasteiger partial charge in [-0.15, -0.1) is 0 Å². The van der Waals surface area contributed by atoms with Crippen LogP contribution in [0.5, 0.6) is 0 Å². The predicted octanol–water partition coefficient (Wildman–Crippen LogP) is 24.3. The molecule has 2 unspecified atom stereocenters. The number of allylic oxidation sites excluding steroid dienone is 2. The van der Waals surface area contributed by atoms with E-state index in [0.29, 0.717) is 25.9 Å². The van der Waals surface area contributed by atoms with E-state index in [4.69, 9.17) is 4.74 Å². The highest BCUT2D eigenvalue weighted by atomic mass is 16.5. The molecule has 0 spiro atoms. The molecule has 0 aromatic heterocycles. The van der Waals surface area contributed by atoms with Crippen molar-refractivity contribution in [1.82, 2.24) is 5.32 Å². The molecule has 0 rings (SSSR count). The number of nitrogens with one attached hydrogen (secondary N) is 1. The van der Waals surface area contributed by atoms with Crippen LogP contribution in [0.4, 0.5) is 0 Å². The number of ether oxygens (including phenoxy) is 1. The minimum absolute atomic E-state index is 0.0110. The van der Waals surface area contributed by atoms with Crippen molar-refractivity contribution in [1.29, 1.82) is 0 Å². The highest BCUT2D eigenvalue weighted by Gasteiger charge is 2.20. The lowest BCUT2D eigenvalue weighted by Gasteiger charge is -2.22. The lowest BCUT2D eigenvalue weighted by molar-refractivity contribution is -0.143. The van der Waals surface area contributed by atoms with Crippen molar-refractivity contribution in [3.8, 4) is 0 Å². The predicted molar refractivity (Wildman–Crippen MR) is 357 cm³/mol. The maximum Gasteiger partial charge on any atom is 0.305 e. The fourth-order valence-electron chi connectivity index (χ4n) is 12.1. The summed E-state index contributed by atoms with van der Waals surface area (Å²) >= 11 is 0. The van der Waals surface area contributed by atoms with Crippen LogP contribution < -0.4 is 5.32 Å². The van der Waals surface area contributed by atoms with Gasteiger partial charge in [-0.1, -0.05) is 379 Å². The van der Waals surface area contributed by atoms with Gasteiger partial charge in [-0.25, -0.2) is 0 Å². The number of aliphatic hydroxyl groups is 2. The lowest BCUT2D eigenvalue weighted by Crippen LogP contribution is -2.45. The summed E-state index contributed by atoms with van der Waals surface area (Å²) in [5.74, 6) is -0.0146. The van der Waals surface area contributed by atoms with Gasteiger partial charge in [0.1, 0.15) is 0 Å². The van der Waals surface area contributed by atoms with Gasteiger partial charge in [0, 0.05) is 12.8 Å². The van der Waals surface area contributed by atoms with E-state index in [9.17, 15) is 19.8 Å². The van der Waals surface area contributed by atoms with E-state index in [1.165, 1.54) is 353 Å². The third kappa shape index (κ3) is 67.6. The zero-order valence-corrected chi connectivity index (χ0v) is 55.3. The van der Waals surface area contributed by atoms with E-state index in [-0.39, 0.29) is 18.5 Å². The van der Waals surface area contributed by atoms with Crippen LogP contribution >= 0.6 is 0 Å². The van der Waals surface area contributed by atoms with Crippen molar-refractivity contribution in [2.24, 2.45) is 0 Å². The lowest BCUT2D eigenvalue weighted by atomic mass is 10.0. The molecule has 0 radical (unpaired) electrons. The molecular weight excluding hydrogens is 995 g/mol. The van der Waals surface area contributed by atoms with Gasteiger partial charge in [0.05, 0.1) is 25.4 Å². The molecule has 0 aliphatic rings. The zero-order valence-electron chi connectivity index (χ0n) is 55.3. The molecule has 0 aliphatic carbocycles. The second-order valence-electron chi connectivity index (χ2n) is 26.0. The van der Waals surface area contributed by atoms with Crippen molar-refractivity contribution >= 4 is 11.9 Å². The van der Waals surface area contributed by atoms with Crippen LogP contribution in [0.2, 0.25) is 0 Å². The van der Waals surface area contributed by atoms with Gasteiger partial charge in [0.15, 0.2) is 0 Å². The summed E-state index contributed by atoms with van der Waals surface area (Å²) < 4.78 is 5.48. The maximum absolute atomic E-state index is 12.6. The average Bonchev–Trinajstić information content (AvgIpc) is 3.47. The minimum atomic E-state index is -0.662. The second kappa shape index (κ2) is 71.1. The molecule has 0 saturated carbocycles. The van der Waals surface area contributed by atoms with Crippen LogP contribution in [0.15, 0.2) is 12.2 Å². The number of amides is 1. The molecule has 0 aliphatic heterocycles. The molecule has 482 valence electrons. The zero-order chi connectivity index (χ0) is 58.5. The van der Waals surface area contributed by atoms with Crippen LogP contribution in [0.25, 0.3) is 0 Å². The van der Waals surface area contributed by atoms with Crippen molar-refractivity contribution in [2.45, 2.75) is 443 Å². The topological polar surface area (TPSA) is 95.9 Å². The number of hydrogen-bond donors (Lipinski definition) is 3. The molecular formula is C75H147NO5. The van der Waals surface area contributed by atoms with E-state index < -0.39 is 12.1 Å². The quantitative estimate of drug-likeness (QED) is 0.0320. The molecule has 6 heteroatoms. The Balaban J connectivity index is 3.34. The Morgan fingerprint density at radius 1 is 0.333 bits per heavy atom. The number of hydrogen-bond acceptors (Lipinski definition) is 5. The summed E-state index contributed by atoms with van der Waals surface area (Å²) in [6.45, 7) is 4.98. The first kappa shape index (κ1) is 79.6. The standard InChI is InChI=1S/C75H147NO5/c1-3-5-7-9-11-13-15-17-18-19-20-21-32-35-38-41-44-47-51-55-59-63-67-73(78)72(71-77)76-74(79)68-64-60-56-52-48-45-42-39-36-33-30-28-26-24-22-23-25-27-29-31-34-37-40-43-46-50-54-58-62-66-70-81-75(80)69-65-61-57-53-49-16-14-12-10-8-6-4-2/h12,14,72-73,77-78H,3-11,13,15-71H2,1-2H3,(H,76,79)/b14-12-. The molecule has 81 heavy (non-hydrogen) atoms. The summed E-state index contributed by atoms with van der Waals surface area (Å²) in [5.41, 5.74) is 0. The number of aliphatic hydroxyl groups excluding tert-OH is 2. The Labute approximate surface area is 508 Å². The summed E-state index contributed by atoms with van der Waals surface area (Å²) in [6.07, 6.45) is 88.6. The summed E-state index contributed by atoms with van der Waals surface area (Å²) in [5, 5.41) is 23.5. The Morgan fingerprint density at radius 3 is 0.901 bits per heavy atom. The molecule has 6 nitrogen and oxygen atoms in total. The molecule has 0 saturated heterocycles. The minimum Gasteiger partial charge on any atom is -0.466 e. The summed E-state index contributed by atoms with van der Waals surface area (Å²) in [7, 11) is 0. The molecule has 1 amide bonds. The monoisotopic (exact) mass is 1140 g/mol. The Hall–Kier alpha value is -1.40. The molecule has 0 fully saturated rings. The van der Waals surface area contributed by atoms with E-state index in [0.717, 1.165) is 44.9 Å². The van der Waals surface area contributed by atoms with E-state index in [2.05, 4.69) is 31.3 Å². The fourth-order valence-corrected chi connectivity index (χ4v) is 12.1. The summed E-state index contributed by atoms with van der Waals surface area (Å²) in [6, 6.07) is -0.539. The molecule has 0 aromatic rings. The molecule has 0 bridgehead atoms. The van der Waals surface area contributed by atoms with Crippen LogP contribution in [0, 0.1) is 0 Å². The maximum atomic E-state index is 12.6. The van der Waals surface area contributed by atoms with Gasteiger partial charge >= 0.3 is 5.97 Å². The van der Waals surface area contributed by atoms with Gasteiger partial charge in [0.25, 0.3) is 0 Å². The van der Waals surface area contributed by atoms with Crippen molar-refractivity contribution in [2.75, 3.05) is 13.2 Å². The van der Waals surface area contributed by atoms with Gasteiger partial charge in [-0.3, -0.25) is 9.59 Å². The molecule has 3 N–H and O–H groups in total. The smallest absolute Gasteiger partial charge is 0.305 e. The Morgan fingerprint density at radius 2 is 0.580 bits per heavy atom. The fraction of sp³-hybridized carbons (Fsp3) is 0.947. The largest absolute Gasteiger partial charge is 0.466 e. The first-order valence-electron chi connectivity index (χ1n) is 37.4. The number of esters is 1. The van der Waals surface area contributed by atoms with Crippen molar-refractivity contribution in [3.05, 3.63) is 12.2 Å². The molecule has 2 atom stereocenters. The highest BCUT2D eigenvalue weighted by Crippen LogP contribution is 2.20.